The number of hydrogen-bond donors (Lipinski definition) is 0. The van der Waals surface area contributed by atoms with E-state index in [-0.39, 0.29) is 63.0 Å². The van der Waals surface area contributed by atoms with E-state index in [2.05, 4.69) is 89.0 Å². The number of rotatable bonds is 9. The van der Waals surface area contributed by atoms with Crippen LogP contribution in [0.25, 0.3) is 44.8 Å². The molecule has 0 atom stereocenters. The van der Waals surface area contributed by atoms with Gasteiger partial charge in [0.15, 0.2) is 45.9 Å². The maximum absolute atomic E-state index is 15.6. The standard InChI is InChI=1S/C21H20FN9.C19H16F3N7.C18H17FN8/c1-29-13-26-27-20(29)21(22)4-7-31(8-5-21)18-14(10-23)3-6-24-17(18)15-9-16-12-30(2)28-19(16)25-11-15;1-28-11-26-27-18(28)19(22)3-6-29(7-4-19)16-12(9-23)2-5-24-15(16)13-8-14(20)17(21)25-10-13;1-26-12-24-25-17(26)18(19)4-8-27(9-5-18)16-13(10-20)2-6-21-15(16)14-3-7-22-23-11-14/h3,6,9,11-13H,4-5,7-8H2,1-2H3;2,5,8,10-11H,3-4,6-7H2,1H3;2-3,6-7,11-12H,4-5,8-9H2,1H3. The van der Waals surface area contributed by atoms with Crippen LogP contribution >= 0.6 is 0 Å². The lowest BCUT2D eigenvalue weighted by Gasteiger charge is -2.37. The summed E-state index contributed by atoms with van der Waals surface area (Å²) in [5.41, 5.74) is 2.48. The van der Waals surface area contributed by atoms with Crippen LogP contribution in [0, 0.1) is 45.8 Å². The van der Waals surface area contributed by atoms with E-state index in [1.165, 1.54) is 31.2 Å². The fraction of sp³-hybridized carbons (Fsp3) is 0.328. The SMILES string of the molecule is Cn1cc2cc(-c3nccc(C#N)c3N3CCC(F)(c4nncn4C)CC3)cnc2n1.Cn1cnnc1C1(F)CCN(c2c(C#N)ccnc2-c2ccnnc2)CC1.Cn1cnnc1C1(F)CCN(c2c(C#N)ccnc2-c2cnc(F)c(F)c2)CC1. The third-order valence-corrected chi connectivity index (χ3v) is 15.8. The third kappa shape index (κ3) is 11.5. The zero-order chi connectivity index (χ0) is 61.0. The number of anilines is 3. The molecule has 0 radical (unpaired) electrons. The molecule has 29 heteroatoms. The summed E-state index contributed by atoms with van der Waals surface area (Å²) in [5.74, 6) is -1.39. The van der Waals surface area contributed by atoms with Crippen molar-refractivity contribution in [2.75, 3.05) is 54.0 Å². The van der Waals surface area contributed by atoms with E-state index in [1.54, 1.807) is 88.7 Å². The van der Waals surface area contributed by atoms with Crippen molar-refractivity contribution < 1.29 is 22.0 Å². The van der Waals surface area contributed by atoms with Crippen molar-refractivity contribution in [3.63, 3.8) is 0 Å². The van der Waals surface area contributed by atoms with Gasteiger partial charge in [-0.15, -0.1) is 30.6 Å². The summed E-state index contributed by atoms with van der Waals surface area (Å²) in [7, 11) is 7.02. The first-order valence-corrected chi connectivity index (χ1v) is 27.4. The van der Waals surface area contributed by atoms with E-state index < -0.39 is 28.8 Å². The van der Waals surface area contributed by atoms with Gasteiger partial charge in [0.2, 0.25) is 5.95 Å². The minimum absolute atomic E-state index is 0.134. The average molecular weight is 1180 g/mol. The van der Waals surface area contributed by atoms with Gasteiger partial charge >= 0.3 is 0 Å². The summed E-state index contributed by atoms with van der Waals surface area (Å²) in [4.78, 5) is 27.0. The molecule has 10 aromatic heterocycles. The molecule has 3 aliphatic rings. The lowest BCUT2D eigenvalue weighted by molar-refractivity contribution is 0.109. The number of piperidine rings is 3. The molecule has 24 nitrogen and oxygen atoms in total. The Morgan fingerprint density at radius 3 is 1.23 bits per heavy atom. The van der Waals surface area contributed by atoms with Gasteiger partial charge in [-0.2, -0.15) is 35.5 Å². The van der Waals surface area contributed by atoms with E-state index >= 15 is 13.2 Å². The molecule has 0 spiro atoms. The van der Waals surface area contributed by atoms with Gasteiger partial charge in [-0.25, -0.2) is 27.5 Å². The molecule has 0 aromatic carbocycles. The molecule has 0 unspecified atom stereocenters. The van der Waals surface area contributed by atoms with Gasteiger partial charge in [-0.3, -0.25) is 19.6 Å². The lowest BCUT2D eigenvalue weighted by Crippen LogP contribution is -2.42. The molecule has 3 saturated heterocycles. The minimum Gasteiger partial charge on any atom is -0.368 e. The van der Waals surface area contributed by atoms with E-state index in [4.69, 9.17) is 0 Å². The van der Waals surface area contributed by atoms with Crippen LogP contribution in [0.15, 0.2) is 105 Å². The zero-order valence-electron chi connectivity index (χ0n) is 47.4. The fourth-order valence-electron chi connectivity index (χ4n) is 11.4. The molecule has 3 aliphatic heterocycles. The van der Waals surface area contributed by atoms with Crippen molar-refractivity contribution in [2.24, 2.45) is 28.2 Å². The molecule has 440 valence electrons. The van der Waals surface area contributed by atoms with Crippen LogP contribution in [0.3, 0.4) is 0 Å². The van der Waals surface area contributed by atoms with Crippen LogP contribution in [0.5, 0.6) is 0 Å². The van der Waals surface area contributed by atoms with Gasteiger partial charge in [0.05, 0.1) is 63.2 Å². The fourth-order valence-corrected chi connectivity index (χ4v) is 11.4. The van der Waals surface area contributed by atoms with Gasteiger partial charge in [0.1, 0.15) is 37.2 Å². The van der Waals surface area contributed by atoms with Crippen molar-refractivity contribution in [1.29, 1.82) is 15.8 Å². The first-order valence-electron chi connectivity index (χ1n) is 27.4. The molecule has 13 rings (SSSR count). The molecule has 87 heavy (non-hydrogen) atoms. The minimum atomic E-state index is -1.64. The first-order chi connectivity index (χ1) is 42.0. The lowest BCUT2D eigenvalue weighted by atomic mass is 9.91. The predicted molar refractivity (Wildman–Crippen MR) is 304 cm³/mol. The Labute approximate surface area is 493 Å². The highest BCUT2D eigenvalue weighted by atomic mass is 19.2. The van der Waals surface area contributed by atoms with Gasteiger partial charge in [0, 0.05) is 165 Å². The largest absolute Gasteiger partial charge is 0.368 e. The number of aryl methyl sites for hydroxylation is 4. The number of alkyl halides is 3. The van der Waals surface area contributed by atoms with Crippen molar-refractivity contribution in [1.82, 2.24) is 89.2 Å². The maximum atomic E-state index is 15.6. The summed E-state index contributed by atoms with van der Waals surface area (Å²) in [6, 6.07) is 16.2. The number of halogens is 5. The second kappa shape index (κ2) is 24.1. The monoisotopic (exact) mass is 1180 g/mol. The smallest absolute Gasteiger partial charge is 0.248 e. The maximum Gasteiger partial charge on any atom is 0.248 e. The van der Waals surface area contributed by atoms with E-state index in [0.717, 1.165) is 28.8 Å². The normalized spacial score (nSPS) is 16.0. The molecule has 10 aromatic rings. The predicted octanol–water partition coefficient (Wildman–Crippen LogP) is 7.39. The topological polar surface area (TPSA) is 281 Å². The zero-order valence-corrected chi connectivity index (χ0v) is 47.4. The molecule has 0 saturated carbocycles. The highest BCUT2D eigenvalue weighted by Crippen LogP contribution is 2.44. The van der Waals surface area contributed by atoms with Gasteiger partial charge in [0.25, 0.3) is 0 Å². The summed E-state index contributed by atoms with van der Waals surface area (Å²) in [6.07, 6.45) is 18.3. The Morgan fingerprint density at radius 1 is 0.460 bits per heavy atom. The Morgan fingerprint density at radius 2 is 0.862 bits per heavy atom. The number of nitriles is 3. The second-order valence-corrected chi connectivity index (χ2v) is 21.2. The van der Waals surface area contributed by atoms with Crippen molar-refractivity contribution in [3.8, 4) is 52.0 Å². The Balaban J connectivity index is 0.000000136. The van der Waals surface area contributed by atoms with Crippen LogP contribution < -0.4 is 14.7 Å². The molecule has 0 amide bonds. The van der Waals surface area contributed by atoms with Gasteiger partial charge in [-0.05, 0) is 36.4 Å². The molecule has 13 heterocycles. The average Bonchev–Trinajstić information content (AvgIpc) is 4.21. The van der Waals surface area contributed by atoms with E-state index in [0.29, 0.717) is 94.3 Å². The molecule has 0 N–H and O–H groups in total. The van der Waals surface area contributed by atoms with E-state index in [9.17, 15) is 24.6 Å². The number of pyridine rings is 5. The quantitative estimate of drug-likeness (QED) is 0.101. The van der Waals surface area contributed by atoms with Crippen LogP contribution in [0.1, 0.15) is 72.7 Å². The Hall–Kier alpha value is -10.8. The summed E-state index contributed by atoms with van der Waals surface area (Å²) >= 11 is 0. The van der Waals surface area contributed by atoms with Crippen molar-refractivity contribution >= 4 is 28.1 Å². The van der Waals surface area contributed by atoms with Crippen LogP contribution in [0.2, 0.25) is 0 Å². The molecular weight excluding hydrogens is 1130 g/mol. The molecule has 0 bridgehead atoms. The van der Waals surface area contributed by atoms with Gasteiger partial charge < -0.3 is 28.4 Å². The number of aromatic nitrogens is 18. The summed E-state index contributed by atoms with van der Waals surface area (Å²) in [5, 5.41) is 65.0. The molecule has 0 aliphatic carbocycles. The number of nitrogens with zero attached hydrogens (tertiary/aromatic N) is 24. The van der Waals surface area contributed by atoms with Gasteiger partial charge in [-0.1, -0.05) is 0 Å². The Kier molecular flexibility index (Phi) is 16.1. The van der Waals surface area contributed by atoms with Crippen LogP contribution in [-0.2, 0) is 45.2 Å². The third-order valence-electron chi connectivity index (χ3n) is 15.8. The van der Waals surface area contributed by atoms with Crippen molar-refractivity contribution in [3.05, 3.63) is 151 Å². The highest BCUT2D eigenvalue weighted by Gasteiger charge is 2.44. The van der Waals surface area contributed by atoms with Crippen LogP contribution in [0.4, 0.5) is 39.0 Å². The number of hydrogen-bond acceptors (Lipinski definition) is 20. The summed E-state index contributed by atoms with van der Waals surface area (Å²) < 4.78 is 80.0. The van der Waals surface area contributed by atoms with E-state index in [1.807, 2.05) is 34.0 Å². The molecular formula is C58H53F5N24. The number of fused-ring (bicyclic) bond motifs is 1. The second-order valence-electron chi connectivity index (χ2n) is 21.2. The highest BCUT2D eigenvalue weighted by molar-refractivity contribution is 5.86. The first kappa shape index (κ1) is 58.0. The van der Waals surface area contributed by atoms with Crippen molar-refractivity contribution in [2.45, 2.75) is 55.5 Å². The summed E-state index contributed by atoms with van der Waals surface area (Å²) in [6.45, 7) is 2.31. The molecule has 3 fully saturated rings. The Bertz CT molecular complexity index is 4250. The van der Waals surface area contributed by atoms with Crippen LogP contribution in [-0.4, -0.2) is 128 Å².